The van der Waals surface area contributed by atoms with Crippen molar-refractivity contribution < 1.29 is 10.2 Å². The van der Waals surface area contributed by atoms with E-state index >= 15 is 0 Å². The van der Waals surface area contributed by atoms with Gasteiger partial charge in [0, 0.05) is 5.41 Å². The molecule has 0 unspecified atom stereocenters. The topological polar surface area (TPSA) is 40.5 Å². The monoisotopic (exact) mass is 396 g/mol. The molecule has 0 spiro atoms. The molecule has 0 fully saturated rings. The second kappa shape index (κ2) is 10.2. The summed E-state index contributed by atoms with van der Waals surface area (Å²) in [4.78, 5) is 0. The van der Waals surface area contributed by atoms with Crippen LogP contribution < -0.4 is 0 Å². The lowest BCUT2D eigenvalue weighted by molar-refractivity contribution is 0.463. The Morgan fingerprint density at radius 1 is 0.552 bits per heavy atom. The lowest BCUT2D eigenvalue weighted by atomic mass is 9.71. The van der Waals surface area contributed by atoms with Crippen molar-refractivity contribution in [2.75, 3.05) is 0 Å². The number of aromatic hydroxyl groups is 2. The van der Waals surface area contributed by atoms with Crippen molar-refractivity contribution in [2.45, 2.75) is 98.3 Å². The number of phenols is 2. The first-order valence-corrected chi connectivity index (χ1v) is 11.5. The van der Waals surface area contributed by atoms with Crippen molar-refractivity contribution in [1.29, 1.82) is 0 Å². The average Bonchev–Trinajstić information content (AvgIpc) is 2.67. The summed E-state index contributed by atoms with van der Waals surface area (Å²) >= 11 is 0. The molecule has 0 aliphatic carbocycles. The van der Waals surface area contributed by atoms with Gasteiger partial charge in [0.05, 0.1) is 0 Å². The van der Waals surface area contributed by atoms with Crippen LogP contribution in [0.1, 0.15) is 101 Å². The average molecular weight is 397 g/mol. The third kappa shape index (κ3) is 4.79. The van der Waals surface area contributed by atoms with Crippen LogP contribution in [0.2, 0.25) is 0 Å². The zero-order valence-electron chi connectivity index (χ0n) is 19.4. The van der Waals surface area contributed by atoms with Crippen LogP contribution in [0.4, 0.5) is 0 Å². The first kappa shape index (κ1) is 23.3. The van der Waals surface area contributed by atoms with Crippen LogP contribution in [0, 0.1) is 0 Å². The van der Waals surface area contributed by atoms with Gasteiger partial charge in [-0.2, -0.15) is 0 Å². The highest BCUT2D eigenvalue weighted by molar-refractivity contribution is 5.55. The molecule has 0 amide bonds. The SMILES string of the molecule is CCCc1c(O)ccc(C(C)(C)c2ccc(O)c(CCC)c2CCC)c1CCC. The minimum Gasteiger partial charge on any atom is -0.508 e. The fourth-order valence-electron chi connectivity index (χ4n) is 4.81. The molecule has 29 heavy (non-hydrogen) atoms. The second-order valence-corrected chi connectivity index (χ2v) is 8.80. The lowest BCUT2D eigenvalue weighted by Gasteiger charge is -2.33. The van der Waals surface area contributed by atoms with Gasteiger partial charge in [-0.05, 0) is 71.2 Å². The van der Waals surface area contributed by atoms with E-state index < -0.39 is 0 Å². The molecule has 0 aliphatic heterocycles. The van der Waals surface area contributed by atoms with Gasteiger partial charge in [0.2, 0.25) is 0 Å². The Morgan fingerprint density at radius 3 is 1.17 bits per heavy atom. The summed E-state index contributed by atoms with van der Waals surface area (Å²) in [7, 11) is 0. The van der Waals surface area contributed by atoms with Gasteiger partial charge in [0.15, 0.2) is 0 Å². The normalized spacial score (nSPS) is 11.8. The molecule has 2 aromatic rings. The summed E-state index contributed by atoms with van der Waals surface area (Å²) in [5.74, 6) is 0.863. The quantitative estimate of drug-likeness (QED) is 0.444. The highest BCUT2D eigenvalue weighted by Gasteiger charge is 2.31. The van der Waals surface area contributed by atoms with Crippen LogP contribution >= 0.6 is 0 Å². The Hall–Kier alpha value is -1.96. The minimum atomic E-state index is -0.193. The summed E-state index contributed by atoms with van der Waals surface area (Å²) in [6, 6.07) is 8.02. The van der Waals surface area contributed by atoms with Gasteiger partial charge >= 0.3 is 0 Å². The van der Waals surface area contributed by atoms with Gasteiger partial charge in [-0.3, -0.25) is 0 Å². The Kier molecular flexibility index (Phi) is 8.19. The molecule has 2 heteroatoms. The molecule has 2 rings (SSSR count). The second-order valence-electron chi connectivity index (χ2n) is 8.80. The van der Waals surface area contributed by atoms with Gasteiger partial charge in [-0.25, -0.2) is 0 Å². The first-order chi connectivity index (χ1) is 13.8. The third-order valence-electron chi connectivity index (χ3n) is 6.16. The molecular weight excluding hydrogens is 356 g/mol. The van der Waals surface area contributed by atoms with E-state index in [2.05, 4.69) is 53.7 Å². The van der Waals surface area contributed by atoms with Gasteiger partial charge in [0.1, 0.15) is 11.5 Å². The maximum Gasteiger partial charge on any atom is 0.119 e. The Labute approximate surface area is 178 Å². The zero-order chi connectivity index (χ0) is 21.6. The molecule has 0 radical (unpaired) electrons. The molecule has 0 bridgehead atoms. The van der Waals surface area contributed by atoms with E-state index in [9.17, 15) is 10.2 Å². The Balaban J connectivity index is 2.75. The number of rotatable bonds is 10. The fraction of sp³-hybridized carbons (Fsp3) is 0.556. The predicted molar refractivity (Wildman–Crippen MR) is 124 cm³/mol. The Morgan fingerprint density at radius 2 is 0.862 bits per heavy atom. The van der Waals surface area contributed by atoms with Gasteiger partial charge in [0.25, 0.3) is 0 Å². The summed E-state index contributed by atoms with van der Waals surface area (Å²) in [6.45, 7) is 13.4. The van der Waals surface area contributed by atoms with Crippen LogP contribution in [0.15, 0.2) is 24.3 Å². The van der Waals surface area contributed by atoms with E-state index in [1.165, 1.54) is 22.3 Å². The van der Waals surface area contributed by atoms with Crippen LogP contribution in [-0.2, 0) is 31.1 Å². The van der Waals surface area contributed by atoms with E-state index in [1.807, 2.05) is 12.1 Å². The van der Waals surface area contributed by atoms with Crippen molar-refractivity contribution in [2.24, 2.45) is 0 Å². The molecule has 0 atom stereocenters. The van der Waals surface area contributed by atoms with E-state index in [0.717, 1.165) is 62.5 Å². The van der Waals surface area contributed by atoms with Crippen molar-refractivity contribution >= 4 is 0 Å². The molecule has 160 valence electrons. The van der Waals surface area contributed by atoms with Crippen LogP contribution in [0.3, 0.4) is 0 Å². The maximum absolute atomic E-state index is 10.6. The van der Waals surface area contributed by atoms with Gasteiger partial charge in [-0.15, -0.1) is 0 Å². The standard InChI is InChI=1S/C27H40O2/c1-7-11-19-21(13-9-3)25(28)17-15-23(19)27(5,6)24-16-18-26(29)22(14-10-4)20(24)12-8-2/h15-18,28-29H,7-14H2,1-6H3. The molecule has 0 saturated carbocycles. The largest absolute Gasteiger partial charge is 0.508 e. The minimum absolute atomic E-state index is 0.193. The van der Waals surface area contributed by atoms with Gasteiger partial charge < -0.3 is 10.2 Å². The van der Waals surface area contributed by atoms with Gasteiger partial charge in [-0.1, -0.05) is 79.4 Å². The van der Waals surface area contributed by atoms with E-state index in [1.54, 1.807) is 0 Å². The zero-order valence-corrected chi connectivity index (χ0v) is 19.4. The summed E-state index contributed by atoms with van der Waals surface area (Å²) < 4.78 is 0. The molecule has 2 aromatic carbocycles. The first-order valence-electron chi connectivity index (χ1n) is 11.5. The van der Waals surface area contributed by atoms with Crippen LogP contribution in [0.5, 0.6) is 11.5 Å². The molecule has 0 aromatic heterocycles. The molecule has 2 N–H and O–H groups in total. The number of hydrogen-bond acceptors (Lipinski definition) is 2. The van der Waals surface area contributed by atoms with Crippen molar-refractivity contribution in [3.8, 4) is 11.5 Å². The summed E-state index contributed by atoms with van der Waals surface area (Å²) in [5.41, 5.74) is 7.28. The number of phenolic OH excluding ortho intramolecular Hbond substituents is 2. The summed E-state index contributed by atoms with van der Waals surface area (Å²) in [5, 5.41) is 21.1. The van der Waals surface area contributed by atoms with Crippen molar-refractivity contribution in [1.82, 2.24) is 0 Å². The van der Waals surface area contributed by atoms with Crippen LogP contribution in [0.25, 0.3) is 0 Å². The van der Waals surface area contributed by atoms with E-state index in [-0.39, 0.29) is 5.41 Å². The fourth-order valence-corrected chi connectivity index (χ4v) is 4.81. The lowest BCUT2D eigenvalue weighted by Crippen LogP contribution is -2.24. The highest BCUT2D eigenvalue weighted by Crippen LogP contribution is 2.42. The molecule has 2 nitrogen and oxygen atoms in total. The molecule has 0 saturated heterocycles. The number of benzene rings is 2. The number of hydrogen-bond donors (Lipinski definition) is 2. The van der Waals surface area contributed by atoms with Crippen molar-refractivity contribution in [3.05, 3.63) is 57.6 Å². The molecule has 0 heterocycles. The molecular formula is C27H40O2. The molecule has 0 aliphatic rings. The van der Waals surface area contributed by atoms with E-state index in [4.69, 9.17) is 0 Å². The Bertz CT molecular complexity index is 750. The smallest absolute Gasteiger partial charge is 0.119 e. The maximum atomic E-state index is 10.6. The van der Waals surface area contributed by atoms with E-state index in [0.29, 0.717) is 11.5 Å². The van der Waals surface area contributed by atoms with Crippen LogP contribution in [-0.4, -0.2) is 10.2 Å². The highest BCUT2D eigenvalue weighted by atomic mass is 16.3. The summed E-state index contributed by atoms with van der Waals surface area (Å²) in [6.07, 6.45) is 7.93. The predicted octanol–water partition coefficient (Wildman–Crippen LogP) is 7.23. The third-order valence-corrected chi connectivity index (χ3v) is 6.16. The van der Waals surface area contributed by atoms with Crippen molar-refractivity contribution in [3.63, 3.8) is 0 Å².